The molecule has 0 aromatic carbocycles. The Kier molecular flexibility index (Phi) is 2.17. The summed E-state index contributed by atoms with van der Waals surface area (Å²) in [7, 11) is 0. The van der Waals surface area contributed by atoms with Crippen molar-refractivity contribution >= 4 is 11.8 Å². The molecule has 1 saturated heterocycles. The van der Waals surface area contributed by atoms with Crippen LogP contribution in [0.4, 0.5) is 0 Å². The number of carbonyl (C=O) groups excluding carboxylic acids is 2. The van der Waals surface area contributed by atoms with Gasteiger partial charge in [0.05, 0.1) is 6.42 Å². The minimum Gasteiger partial charge on any atom is -0.292 e. The molecule has 0 atom stereocenters. The molecule has 0 aromatic rings. The van der Waals surface area contributed by atoms with Crippen LogP contribution in [0.3, 0.4) is 0 Å². The van der Waals surface area contributed by atoms with Crippen LogP contribution in [0, 0.1) is 11.8 Å². The fourth-order valence-corrected chi connectivity index (χ4v) is 2.06. The van der Waals surface area contributed by atoms with Crippen LogP contribution in [0.15, 0.2) is 11.1 Å². The molecule has 3 nitrogen and oxygen atoms in total. The van der Waals surface area contributed by atoms with Gasteiger partial charge in [-0.15, -0.1) is 0 Å². The Balaban J connectivity index is 2.06. The molecule has 14 heavy (non-hydrogen) atoms. The monoisotopic (exact) mass is 193 g/mol. The topological polar surface area (TPSA) is 46.2 Å². The van der Waals surface area contributed by atoms with Crippen molar-refractivity contribution < 1.29 is 9.59 Å². The summed E-state index contributed by atoms with van der Waals surface area (Å²) in [6.45, 7) is 4.40. The van der Waals surface area contributed by atoms with Crippen LogP contribution in [0.2, 0.25) is 0 Å². The number of rotatable bonds is 1. The third-order valence-corrected chi connectivity index (χ3v) is 3.25. The highest BCUT2D eigenvalue weighted by Gasteiger charge is 2.34. The van der Waals surface area contributed by atoms with Crippen molar-refractivity contribution in [2.24, 2.45) is 11.8 Å². The van der Waals surface area contributed by atoms with Crippen LogP contribution < -0.4 is 5.32 Å². The van der Waals surface area contributed by atoms with Crippen LogP contribution in [0.25, 0.3) is 0 Å². The van der Waals surface area contributed by atoms with E-state index in [1.807, 2.05) is 0 Å². The van der Waals surface area contributed by atoms with Crippen molar-refractivity contribution in [2.75, 3.05) is 0 Å². The predicted molar refractivity (Wildman–Crippen MR) is 52.4 cm³/mol. The van der Waals surface area contributed by atoms with Crippen molar-refractivity contribution in [1.82, 2.24) is 5.32 Å². The second-order valence-corrected chi connectivity index (χ2v) is 4.55. The second kappa shape index (κ2) is 3.23. The van der Waals surface area contributed by atoms with E-state index in [0.29, 0.717) is 18.3 Å². The summed E-state index contributed by atoms with van der Waals surface area (Å²) in [6, 6.07) is 0. The van der Waals surface area contributed by atoms with Crippen LogP contribution in [0.5, 0.6) is 0 Å². The molecule has 3 heteroatoms. The number of amides is 2. The summed E-state index contributed by atoms with van der Waals surface area (Å²) < 4.78 is 0. The molecule has 2 amide bonds. The Morgan fingerprint density at radius 1 is 1.29 bits per heavy atom. The van der Waals surface area contributed by atoms with E-state index in [4.69, 9.17) is 0 Å². The van der Waals surface area contributed by atoms with Gasteiger partial charge in [-0.05, 0) is 24.7 Å². The maximum absolute atomic E-state index is 11.3. The number of hydrogen-bond donors (Lipinski definition) is 1. The summed E-state index contributed by atoms with van der Waals surface area (Å²) in [5, 5.41) is 2.32. The highest BCUT2D eigenvalue weighted by atomic mass is 16.2. The molecule has 1 N–H and O–H groups in total. The summed E-state index contributed by atoms with van der Waals surface area (Å²) in [4.78, 5) is 22.3. The van der Waals surface area contributed by atoms with Crippen LogP contribution in [-0.2, 0) is 9.59 Å². The number of nitrogens with one attached hydrogen (secondary N) is 1. The fourth-order valence-electron chi connectivity index (χ4n) is 2.06. The summed E-state index contributed by atoms with van der Waals surface area (Å²) in [5.74, 6) is 1.08. The summed E-state index contributed by atoms with van der Waals surface area (Å²) >= 11 is 0. The number of hydrogen-bond acceptors (Lipinski definition) is 2. The summed E-state index contributed by atoms with van der Waals surface area (Å²) in [5.41, 5.74) is 1.94. The van der Waals surface area contributed by atoms with Gasteiger partial charge >= 0.3 is 0 Å². The van der Waals surface area contributed by atoms with Gasteiger partial charge in [0.25, 0.3) is 5.91 Å². The first-order valence-corrected chi connectivity index (χ1v) is 5.13. The molecule has 2 aliphatic rings. The maximum atomic E-state index is 11.3. The zero-order chi connectivity index (χ0) is 10.3. The van der Waals surface area contributed by atoms with E-state index in [1.165, 1.54) is 5.57 Å². The quantitative estimate of drug-likeness (QED) is 0.505. The maximum Gasteiger partial charge on any atom is 0.254 e. The lowest BCUT2D eigenvalue weighted by Gasteiger charge is -2.33. The minimum atomic E-state index is -0.160. The van der Waals surface area contributed by atoms with E-state index in [-0.39, 0.29) is 11.8 Å². The van der Waals surface area contributed by atoms with Crippen molar-refractivity contribution in [3.8, 4) is 0 Å². The number of carbonyl (C=O) groups is 2. The average molecular weight is 193 g/mol. The van der Waals surface area contributed by atoms with Gasteiger partial charge in [-0.2, -0.15) is 0 Å². The third kappa shape index (κ3) is 1.47. The molecule has 1 aliphatic heterocycles. The van der Waals surface area contributed by atoms with E-state index >= 15 is 0 Å². The molecule has 2 rings (SSSR count). The van der Waals surface area contributed by atoms with Crippen molar-refractivity contribution in [3.63, 3.8) is 0 Å². The molecule has 0 bridgehead atoms. The highest BCUT2D eigenvalue weighted by Crippen LogP contribution is 2.41. The Bertz CT molecular complexity index is 320. The molecule has 0 spiro atoms. The molecular weight excluding hydrogens is 178 g/mol. The third-order valence-electron chi connectivity index (χ3n) is 3.25. The Morgan fingerprint density at radius 2 is 1.93 bits per heavy atom. The van der Waals surface area contributed by atoms with Crippen LogP contribution in [-0.4, -0.2) is 11.8 Å². The van der Waals surface area contributed by atoms with Crippen molar-refractivity contribution in [3.05, 3.63) is 11.1 Å². The fraction of sp³-hybridized carbons (Fsp3) is 0.636. The Hall–Kier alpha value is -1.12. The van der Waals surface area contributed by atoms with E-state index < -0.39 is 0 Å². The minimum absolute atomic E-state index is 0.148. The first kappa shape index (κ1) is 9.44. The zero-order valence-electron chi connectivity index (χ0n) is 8.59. The average Bonchev–Trinajstić information content (AvgIpc) is 2.26. The van der Waals surface area contributed by atoms with Crippen LogP contribution in [0.1, 0.15) is 33.1 Å². The largest absolute Gasteiger partial charge is 0.292 e. The number of imide groups is 1. The van der Waals surface area contributed by atoms with E-state index in [1.54, 1.807) is 0 Å². The molecule has 0 unspecified atom stereocenters. The van der Waals surface area contributed by atoms with E-state index in [9.17, 15) is 9.59 Å². The smallest absolute Gasteiger partial charge is 0.254 e. The SMILES string of the molecule is CC(C)C1CC(=C2CC(=O)NC2=O)C1. The van der Waals surface area contributed by atoms with Gasteiger partial charge in [0, 0.05) is 5.57 Å². The van der Waals surface area contributed by atoms with Gasteiger partial charge in [0.2, 0.25) is 5.91 Å². The molecule has 1 aliphatic carbocycles. The molecule has 1 saturated carbocycles. The molecule has 0 aromatic heterocycles. The Morgan fingerprint density at radius 3 is 2.36 bits per heavy atom. The van der Waals surface area contributed by atoms with Gasteiger partial charge in [0.15, 0.2) is 0 Å². The van der Waals surface area contributed by atoms with Gasteiger partial charge in [0.1, 0.15) is 0 Å². The highest BCUT2D eigenvalue weighted by molar-refractivity contribution is 6.13. The lowest BCUT2D eigenvalue weighted by atomic mass is 9.71. The summed E-state index contributed by atoms with van der Waals surface area (Å²) in [6.07, 6.45) is 2.32. The molecule has 2 fully saturated rings. The second-order valence-electron chi connectivity index (χ2n) is 4.55. The van der Waals surface area contributed by atoms with Gasteiger partial charge in [-0.3, -0.25) is 14.9 Å². The molecule has 0 radical (unpaired) electrons. The van der Waals surface area contributed by atoms with Crippen molar-refractivity contribution in [2.45, 2.75) is 33.1 Å². The Labute approximate surface area is 83.6 Å². The van der Waals surface area contributed by atoms with Crippen molar-refractivity contribution in [1.29, 1.82) is 0 Å². The lowest BCUT2D eigenvalue weighted by molar-refractivity contribution is -0.124. The van der Waals surface area contributed by atoms with E-state index in [0.717, 1.165) is 18.4 Å². The van der Waals surface area contributed by atoms with Gasteiger partial charge in [-0.1, -0.05) is 19.4 Å². The first-order valence-electron chi connectivity index (χ1n) is 5.13. The predicted octanol–water partition coefficient (Wildman–Crippen LogP) is 1.40. The van der Waals surface area contributed by atoms with E-state index in [2.05, 4.69) is 19.2 Å². The van der Waals surface area contributed by atoms with Gasteiger partial charge in [-0.25, -0.2) is 0 Å². The molecule has 76 valence electrons. The normalized spacial score (nSPS) is 26.9. The van der Waals surface area contributed by atoms with Crippen LogP contribution >= 0.6 is 0 Å². The zero-order valence-corrected chi connectivity index (χ0v) is 8.59. The standard InChI is InChI=1S/C11H15NO2/c1-6(2)7-3-8(4-7)9-5-10(13)12-11(9)14/h6-7H,3-5H2,1-2H3,(H,12,13,14). The lowest BCUT2D eigenvalue weighted by Crippen LogP contribution is -2.24. The van der Waals surface area contributed by atoms with Gasteiger partial charge < -0.3 is 0 Å². The molecule has 1 heterocycles. The first-order chi connectivity index (χ1) is 6.58. The molecular formula is C11H15NO2. The number of allylic oxidation sites excluding steroid dienone is 1.